The predicted molar refractivity (Wildman–Crippen MR) is 129 cm³/mol. The summed E-state index contributed by atoms with van der Waals surface area (Å²) in [6, 6.07) is 21.8. The highest BCUT2D eigenvalue weighted by molar-refractivity contribution is 9.10. The molecule has 0 radical (unpaired) electrons. The molecule has 0 spiro atoms. The lowest BCUT2D eigenvalue weighted by atomic mass is 10.1. The van der Waals surface area contributed by atoms with Gasteiger partial charge in [0.15, 0.2) is 5.78 Å². The molecular weight excluding hydrogens is 510 g/mol. The van der Waals surface area contributed by atoms with Crippen LogP contribution in [0.3, 0.4) is 0 Å². The van der Waals surface area contributed by atoms with Crippen LogP contribution < -0.4 is 0 Å². The van der Waals surface area contributed by atoms with Crippen molar-refractivity contribution in [1.29, 1.82) is 0 Å². The number of ketones is 1. The molecule has 144 valence electrons. The van der Waals surface area contributed by atoms with E-state index >= 15 is 0 Å². The second-order valence-electron chi connectivity index (χ2n) is 6.69. The minimum atomic E-state index is 0.00687. The van der Waals surface area contributed by atoms with E-state index in [0.29, 0.717) is 10.5 Å². The van der Waals surface area contributed by atoms with Crippen molar-refractivity contribution in [3.63, 3.8) is 0 Å². The summed E-state index contributed by atoms with van der Waals surface area (Å²) < 4.78 is 1.96. The summed E-state index contributed by atoms with van der Waals surface area (Å²) in [4.78, 5) is 18.3. The molecule has 1 heterocycles. The highest BCUT2D eigenvalue weighted by Crippen LogP contribution is 2.33. The third kappa shape index (κ3) is 4.74. The topological polar surface area (TPSA) is 32.9 Å². The van der Waals surface area contributed by atoms with Crippen LogP contribution in [0.25, 0.3) is 17.0 Å². The molecule has 0 aliphatic heterocycles. The van der Waals surface area contributed by atoms with Crippen LogP contribution in [0, 0.1) is 6.92 Å². The van der Waals surface area contributed by atoms with Gasteiger partial charge in [0.2, 0.25) is 0 Å². The van der Waals surface area contributed by atoms with Crippen LogP contribution in [0.1, 0.15) is 21.5 Å². The Morgan fingerprint density at radius 2 is 1.62 bits per heavy atom. The van der Waals surface area contributed by atoms with Gasteiger partial charge in [-0.25, -0.2) is 0 Å². The number of aromatic amines is 1. The van der Waals surface area contributed by atoms with Crippen LogP contribution in [-0.4, -0.2) is 10.8 Å². The highest BCUT2D eigenvalue weighted by atomic mass is 79.9. The minimum Gasteiger partial charge on any atom is -0.361 e. The number of aromatic nitrogens is 1. The summed E-state index contributed by atoms with van der Waals surface area (Å²) >= 11 is 8.46. The SMILES string of the molecule is Cc1ccc(SC(=Cc2c[nH]c3ccc(Br)cc23)C(=O)c2ccc(Br)cc2)cc1. The lowest BCUT2D eigenvalue weighted by Crippen LogP contribution is -2.00. The van der Waals surface area contributed by atoms with Crippen LogP contribution in [0.5, 0.6) is 0 Å². The van der Waals surface area contributed by atoms with Gasteiger partial charge >= 0.3 is 0 Å². The summed E-state index contributed by atoms with van der Waals surface area (Å²) in [5.74, 6) is 0.00687. The molecule has 1 aromatic heterocycles. The Kier molecular flexibility index (Phi) is 6.09. The van der Waals surface area contributed by atoms with Crippen molar-refractivity contribution in [1.82, 2.24) is 4.98 Å². The monoisotopic (exact) mass is 525 g/mol. The second kappa shape index (κ2) is 8.74. The first-order valence-corrected chi connectivity index (χ1v) is 11.4. The van der Waals surface area contributed by atoms with Gasteiger partial charge in [-0.2, -0.15) is 0 Å². The molecule has 1 N–H and O–H groups in total. The van der Waals surface area contributed by atoms with Crippen molar-refractivity contribution < 1.29 is 4.79 Å². The van der Waals surface area contributed by atoms with Gasteiger partial charge in [0.1, 0.15) is 0 Å². The normalized spacial score (nSPS) is 11.8. The number of H-pyrrole nitrogens is 1. The first-order chi connectivity index (χ1) is 14.0. The molecule has 0 amide bonds. The molecule has 3 aromatic carbocycles. The van der Waals surface area contributed by atoms with E-state index in [-0.39, 0.29) is 5.78 Å². The summed E-state index contributed by atoms with van der Waals surface area (Å²) in [7, 11) is 0. The number of allylic oxidation sites excluding steroid dienone is 1. The largest absolute Gasteiger partial charge is 0.361 e. The fourth-order valence-corrected chi connectivity index (χ4v) is 4.54. The average molecular weight is 527 g/mol. The molecule has 0 bridgehead atoms. The Hall–Kier alpha value is -2.08. The standard InChI is InChI=1S/C24H17Br2NOS/c1-15-2-9-20(10-3-15)29-23(24(28)16-4-6-18(25)7-5-16)12-17-14-27-22-11-8-19(26)13-21(17)22/h2-14,27H,1H3. The van der Waals surface area contributed by atoms with E-state index in [1.165, 1.54) is 17.3 Å². The van der Waals surface area contributed by atoms with Crippen LogP contribution in [0.2, 0.25) is 0 Å². The number of aryl methyl sites for hydroxylation is 1. The Labute approximate surface area is 190 Å². The van der Waals surface area contributed by atoms with Gasteiger partial charge in [-0.15, -0.1) is 0 Å². The first kappa shape index (κ1) is 20.2. The Balaban J connectivity index is 1.78. The molecule has 0 saturated carbocycles. The lowest BCUT2D eigenvalue weighted by Gasteiger charge is -2.08. The smallest absolute Gasteiger partial charge is 0.199 e. The number of nitrogens with one attached hydrogen (secondary N) is 1. The number of Topliss-reactive ketones (excluding diaryl/α,β-unsaturated/α-hetero) is 1. The zero-order valence-electron chi connectivity index (χ0n) is 15.6. The highest BCUT2D eigenvalue weighted by Gasteiger charge is 2.15. The van der Waals surface area contributed by atoms with E-state index in [4.69, 9.17) is 0 Å². The molecule has 4 rings (SSSR count). The molecule has 0 unspecified atom stereocenters. The van der Waals surface area contributed by atoms with E-state index in [9.17, 15) is 4.79 Å². The average Bonchev–Trinajstić information content (AvgIpc) is 3.11. The predicted octanol–water partition coefficient (Wildman–Crippen LogP) is 8.02. The first-order valence-electron chi connectivity index (χ1n) is 9.03. The van der Waals surface area contributed by atoms with Crippen molar-refractivity contribution >= 4 is 66.4 Å². The molecular formula is C24H17Br2NOS. The number of fused-ring (bicyclic) bond motifs is 1. The van der Waals surface area contributed by atoms with Crippen LogP contribution in [0.4, 0.5) is 0 Å². The summed E-state index contributed by atoms with van der Waals surface area (Å²) in [5, 5.41) is 1.07. The Bertz CT molecular complexity index is 1210. The van der Waals surface area contributed by atoms with Crippen LogP contribution >= 0.6 is 43.6 Å². The molecule has 0 aliphatic rings. The molecule has 0 saturated heterocycles. The number of benzene rings is 3. The van der Waals surface area contributed by atoms with E-state index in [2.05, 4.69) is 74.1 Å². The number of rotatable bonds is 5. The van der Waals surface area contributed by atoms with Gasteiger partial charge in [-0.1, -0.05) is 61.3 Å². The second-order valence-corrected chi connectivity index (χ2v) is 9.64. The van der Waals surface area contributed by atoms with Gasteiger partial charge in [-0.3, -0.25) is 4.79 Å². The van der Waals surface area contributed by atoms with E-state index in [1.54, 1.807) is 0 Å². The molecule has 0 fully saturated rings. The maximum atomic E-state index is 13.3. The van der Waals surface area contributed by atoms with Gasteiger partial charge in [0.25, 0.3) is 0 Å². The summed E-state index contributed by atoms with van der Waals surface area (Å²) in [6.07, 6.45) is 3.92. The fourth-order valence-electron chi connectivity index (χ4n) is 2.99. The number of carbonyl (C=O) groups is 1. The summed E-state index contributed by atoms with van der Waals surface area (Å²) in [5.41, 5.74) is 3.89. The maximum Gasteiger partial charge on any atom is 0.199 e. The number of thioether (sulfide) groups is 1. The van der Waals surface area contributed by atoms with Crippen molar-refractivity contribution in [2.45, 2.75) is 11.8 Å². The van der Waals surface area contributed by atoms with Crippen molar-refractivity contribution in [2.75, 3.05) is 0 Å². The zero-order valence-corrected chi connectivity index (χ0v) is 19.6. The third-order valence-corrected chi connectivity index (χ3v) is 6.59. The van der Waals surface area contributed by atoms with E-state index < -0.39 is 0 Å². The molecule has 5 heteroatoms. The zero-order chi connectivity index (χ0) is 20.4. The lowest BCUT2D eigenvalue weighted by molar-refractivity contribution is 0.104. The maximum absolute atomic E-state index is 13.3. The van der Waals surface area contributed by atoms with Crippen LogP contribution in [0.15, 0.2) is 91.7 Å². The van der Waals surface area contributed by atoms with Crippen molar-refractivity contribution in [3.8, 4) is 0 Å². The molecule has 4 aromatic rings. The third-order valence-electron chi connectivity index (χ3n) is 4.54. The van der Waals surface area contributed by atoms with Gasteiger partial charge in [0.05, 0.1) is 4.91 Å². The number of hydrogen-bond donors (Lipinski definition) is 1. The van der Waals surface area contributed by atoms with Gasteiger partial charge < -0.3 is 4.98 Å². The van der Waals surface area contributed by atoms with Gasteiger partial charge in [-0.05, 0) is 67.6 Å². The molecule has 29 heavy (non-hydrogen) atoms. The number of carbonyl (C=O) groups excluding carboxylic acids is 1. The van der Waals surface area contributed by atoms with Crippen LogP contribution in [-0.2, 0) is 0 Å². The fraction of sp³-hybridized carbons (Fsp3) is 0.0417. The minimum absolute atomic E-state index is 0.00687. The molecule has 0 aliphatic carbocycles. The quantitative estimate of drug-likeness (QED) is 0.162. The number of hydrogen-bond acceptors (Lipinski definition) is 2. The Morgan fingerprint density at radius 3 is 2.34 bits per heavy atom. The number of halogens is 2. The van der Waals surface area contributed by atoms with Gasteiger partial charge in [0, 0.05) is 42.1 Å². The Morgan fingerprint density at radius 1 is 0.931 bits per heavy atom. The van der Waals surface area contributed by atoms with Crippen molar-refractivity contribution in [3.05, 3.63) is 103 Å². The molecule has 0 atom stereocenters. The van der Waals surface area contributed by atoms with E-state index in [1.807, 2.05) is 48.7 Å². The summed E-state index contributed by atoms with van der Waals surface area (Å²) in [6.45, 7) is 2.06. The van der Waals surface area contributed by atoms with E-state index in [0.717, 1.165) is 30.3 Å². The van der Waals surface area contributed by atoms with Crippen molar-refractivity contribution in [2.24, 2.45) is 0 Å². The molecule has 2 nitrogen and oxygen atoms in total.